The van der Waals surface area contributed by atoms with Crippen LogP contribution in [-0.2, 0) is 11.2 Å². The zero-order valence-electron chi connectivity index (χ0n) is 8.34. The monoisotopic (exact) mass is 209 g/mol. The van der Waals surface area contributed by atoms with E-state index in [1.807, 2.05) is 30.3 Å². The van der Waals surface area contributed by atoms with Crippen LogP contribution in [0.15, 0.2) is 30.3 Å². The van der Waals surface area contributed by atoms with E-state index in [0.29, 0.717) is 6.42 Å². The summed E-state index contributed by atoms with van der Waals surface area (Å²) in [7, 11) is 0. The maximum absolute atomic E-state index is 10.4. The molecule has 4 heteroatoms. The van der Waals surface area contributed by atoms with Crippen molar-refractivity contribution in [2.45, 2.75) is 25.0 Å². The smallest absolute Gasteiger partial charge is 0.305 e. The van der Waals surface area contributed by atoms with E-state index < -0.39 is 18.1 Å². The van der Waals surface area contributed by atoms with Crippen LogP contribution in [0.2, 0.25) is 0 Å². The van der Waals surface area contributed by atoms with Gasteiger partial charge in [-0.25, -0.2) is 0 Å². The van der Waals surface area contributed by atoms with Crippen molar-refractivity contribution in [3.8, 4) is 0 Å². The zero-order chi connectivity index (χ0) is 11.3. The maximum Gasteiger partial charge on any atom is 0.305 e. The number of carbonyl (C=O) groups is 1. The normalized spacial score (nSPS) is 14.5. The quantitative estimate of drug-likeness (QED) is 0.655. The van der Waals surface area contributed by atoms with Gasteiger partial charge in [-0.1, -0.05) is 30.3 Å². The summed E-state index contributed by atoms with van der Waals surface area (Å²) >= 11 is 0. The lowest BCUT2D eigenvalue weighted by atomic mass is 10.0. The SMILES string of the molecule is N[C@H](CC(=O)O)[C@@H](O)Cc1ccccc1. The number of rotatable bonds is 5. The predicted octanol–water partition coefficient (Wildman–Crippen LogP) is 0.392. The molecular weight excluding hydrogens is 194 g/mol. The molecule has 0 aliphatic rings. The highest BCUT2D eigenvalue weighted by molar-refractivity contribution is 5.67. The third-order valence-electron chi connectivity index (χ3n) is 2.19. The standard InChI is InChI=1S/C11H15NO3/c12-9(7-11(14)15)10(13)6-8-4-2-1-3-5-8/h1-5,9-10,13H,6-7,12H2,(H,14,15)/t9-,10+/m1/s1. The lowest BCUT2D eigenvalue weighted by molar-refractivity contribution is -0.138. The molecule has 0 unspecified atom stereocenters. The highest BCUT2D eigenvalue weighted by Crippen LogP contribution is 2.06. The molecule has 1 rings (SSSR count). The molecule has 1 aromatic carbocycles. The number of hydrogen-bond donors (Lipinski definition) is 3. The first-order valence-corrected chi connectivity index (χ1v) is 4.79. The van der Waals surface area contributed by atoms with Gasteiger partial charge in [-0.15, -0.1) is 0 Å². The minimum absolute atomic E-state index is 0.214. The third-order valence-corrected chi connectivity index (χ3v) is 2.19. The summed E-state index contributed by atoms with van der Waals surface area (Å²) in [6.07, 6.45) is -0.646. The highest BCUT2D eigenvalue weighted by atomic mass is 16.4. The van der Waals surface area contributed by atoms with E-state index in [0.717, 1.165) is 5.56 Å². The Bertz CT molecular complexity index is 313. The van der Waals surface area contributed by atoms with Crippen LogP contribution in [-0.4, -0.2) is 28.3 Å². The first-order chi connectivity index (χ1) is 7.09. The highest BCUT2D eigenvalue weighted by Gasteiger charge is 2.17. The first kappa shape index (κ1) is 11.7. The Morgan fingerprint density at radius 1 is 1.33 bits per heavy atom. The van der Waals surface area contributed by atoms with Crippen LogP contribution >= 0.6 is 0 Å². The second-order valence-corrected chi connectivity index (χ2v) is 3.52. The van der Waals surface area contributed by atoms with E-state index in [1.54, 1.807) is 0 Å². The second-order valence-electron chi connectivity index (χ2n) is 3.52. The maximum atomic E-state index is 10.4. The van der Waals surface area contributed by atoms with Gasteiger partial charge in [0.1, 0.15) is 0 Å². The molecule has 0 radical (unpaired) electrons. The molecule has 4 nitrogen and oxygen atoms in total. The molecule has 0 heterocycles. The topological polar surface area (TPSA) is 83.6 Å². The zero-order valence-corrected chi connectivity index (χ0v) is 8.34. The Morgan fingerprint density at radius 3 is 2.47 bits per heavy atom. The van der Waals surface area contributed by atoms with Gasteiger partial charge in [-0.2, -0.15) is 0 Å². The average molecular weight is 209 g/mol. The van der Waals surface area contributed by atoms with Crippen LogP contribution in [0.3, 0.4) is 0 Å². The Morgan fingerprint density at radius 2 is 1.93 bits per heavy atom. The van der Waals surface area contributed by atoms with Crippen molar-refractivity contribution in [1.82, 2.24) is 0 Å². The number of carboxylic acid groups (broad SMARTS) is 1. The van der Waals surface area contributed by atoms with Gasteiger partial charge >= 0.3 is 5.97 Å². The number of carboxylic acids is 1. The van der Waals surface area contributed by atoms with Gasteiger partial charge in [0.25, 0.3) is 0 Å². The van der Waals surface area contributed by atoms with Gasteiger partial charge in [0, 0.05) is 6.04 Å². The van der Waals surface area contributed by atoms with Crippen LogP contribution < -0.4 is 5.73 Å². The fourth-order valence-electron chi connectivity index (χ4n) is 1.34. The summed E-state index contributed by atoms with van der Waals surface area (Å²) in [5, 5.41) is 18.1. The molecular formula is C11H15NO3. The van der Waals surface area contributed by atoms with Crippen LogP contribution in [0.5, 0.6) is 0 Å². The Kier molecular flexibility index (Phi) is 4.27. The van der Waals surface area contributed by atoms with Gasteiger partial charge in [0.2, 0.25) is 0 Å². The van der Waals surface area contributed by atoms with Gasteiger partial charge < -0.3 is 15.9 Å². The fraction of sp³-hybridized carbons (Fsp3) is 0.364. The Labute approximate surface area is 88.3 Å². The van der Waals surface area contributed by atoms with Crippen molar-refractivity contribution in [2.75, 3.05) is 0 Å². The molecule has 0 amide bonds. The van der Waals surface area contributed by atoms with Crippen LogP contribution in [0.1, 0.15) is 12.0 Å². The summed E-state index contributed by atoms with van der Waals surface area (Å²) in [6, 6.07) is 8.64. The van der Waals surface area contributed by atoms with Gasteiger partial charge in [-0.05, 0) is 12.0 Å². The first-order valence-electron chi connectivity index (χ1n) is 4.79. The summed E-state index contributed by atoms with van der Waals surface area (Å²) in [4.78, 5) is 10.4. The van der Waals surface area contributed by atoms with Crippen molar-refractivity contribution < 1.29 is 15.0 Å². The molecule has 4 N–H and O–H groups in total. The van der Waals surface area contributed by atoms with E-state index in [2.05, 4.69) is 0 Å². The van der Waals surface area contributed by atoms with E-state index >= 15 is 0 Å². The number of aliphatic hydroxyl groups excluding tert-OH is 1. The number of nitrogens with two attached hydrogens (primary N) is 1. The number of hydrogen-bond acceptors (Lipinski definition) is 3. The fourth-order valence-corrected chi connectivity index (χ4v) is 1.34. The molecule has 0 spiro atoms. The Balaban J connectivity index is 2.48. The Hall–Kier alpha value is -1.39. The lowest BCUT2D eigenvalue weighted by Crippen LogP contribution is -2.38. The van der Waals surface area contributed by atoms with Crippen molar-refractivity contribution in [3.63, 3.8) is 0 Å². The molecule has 0 aromatic heterocycles. The molecule has 15 heavy (non-hydrogen) atoms. The number of aliphatic carboxylic acids is 1. The molecule has 82 valence electrons. The predicted molar refractivity (Wildman–Crippen MR) is 56.4 cm³/mol. The van der Waals surface area contributed by atoms with Crippen LogP contribution in [0.4, 0.5) is 0 Å². The minimum atomic E-state index is -0.991. The minimum Gasteiger partial charge on any atom is -0.481 e. The van der Waals surface area contributed by atoms with E-state index in [9.17, 15) is 9.90 Å². The van der Waals surface area contributed by atoms with Crippen LogP contribution in [0, 0.1) is 0 Å². The van der Waals surface area contributed by atoms with E-state index in [4.69, 9.17) is 10.8 Å². The van der Waals surface area contributed by atoms with Crippen molar-refractivity contribution in [1.29, 1.82) is 0 Å². The van der Waals surface area contributed by atoms with Crippen LogP contribution in [0.25, 0.3) is 0 Å². The third kappa shape index (κ3) is 4.10. The van der Waals surface area contributed by atoms with Crippen molar-refractivity contribution in [2.24, 2.45) is 5.73 Å². The molecule has 1 aromatic rings. The summed E-state index contributed by atoms with van der Waals surface area (Å²) in [5.74, 6) is -0.991. The molecule has 0 bridgehead atoms. The molecule has 0 aliphatic heterocycles. The summed E-state index contributed by atoms with van der Waals surface area (Å²) in [5.41, 5.74) is 6.49. The molecule has 0 saturated heterocycles. The molecule has 0 fully saturated rings. The second kappa shape index (κ2) is 5.48. The molecule has 0 aliphatic carbocycles. The molecule has 0 saturated carbocycles. The van der Waals surface area contributed by atoms with Gasteiger partial charge in [-0.3, -0.25) is 4.79 Å². The summed E-state index contributed by atoms with van der Waals surface area (Å²) in [6.45, 7) is 0. The van der Waals surface area contributed by atoms with Gasteiger partial charge in [0.15, 0.2) is 0 Å². The van der Waals surface area contributed by atoms with Gasteiger partial charge in [0.05, 0.1) is 12.5 Å². The largest absolute Gasteiger partial charge is 0.481 e. The number of benzene rings is 1. The van der Waals surface area contributed by atoms with E-state index in [1.165, 1.54) is 0 Å². The average Bonchev–Trinajstić information content (AvgIpc) is 2.18. The van der Waals surface area contributed by atoms with Crippen molar-refractivity contribution in [3.05, 3.63) is 35.9 Å². The van der Waals surface area contributed by atoms with E-state index in [-0.39, 0.29) is 6.42 Å². The number of aliphatic hydroxyl groups is 1. The summed E-state index contributed by atoms with van der Waals surface area (Å²) < 4.78 is 0. The lowest BCUT2D eigenvalue weighted by Gasteiger charge is -2.16. The van der Waals surface area contributed by atoms with Crippen molar-refractivity contribution >= 4 is 5.97 Å². The molecule has 2 atom stereocenters.